The SMILES string of the molecule is Cc1ccccc1N(C)c1cc(Cl)ccc1CN. The molecule has 0 saturated heterocycles. The minimum atomic E-state index is 0.503. The van der Waals surface area contributed by atoms with Crippen molar-refractivity contribution < 1.29 is 0 Å². The van der Waals surface area contributed by atoms with Crippen molar-refractivity contribution in [3.63, 3.8) is 0 Å². The van der Waals surface area contributed by atoms with E-state index in [2.05, 4.69) is 24.0 Å². The van der Waals surface area contributed by atoms with E-state index < -0.39 is 0 Å². The number of halogens is 1. The number of nitrogens with two attached hydrogens (primary N) is 1. The van der Waals surface area contributed by atoms with Gasteiger partial charge in [0.05, 0.1) is 0 Å². The first kappa shape index (κ1) is 12.9. The fraction of sp³-hybridized carbons (Fsp3) is 0.200. The molecule has 0 aliphatic rings. The van der Waals surface area contributed by atoms with Crippen molar-refractivity contribution in [2.45, 2.75) is 13.5 Å². The van der Waals surface area contributed by atoms with Gasteiger partial charge in [-0.3, -0.25) is 0 Å². The van der Waals surface area contributed by atoms with Crippen molar-refractivity contribution in [2.24, 2.45) is 5.73 Å². The number of nitrogens with zero attached hydrogens (tertiary/aromatic N) is 1. The molecule has 18 heavy (non-hydrogen) atoms. The predicted molar refractivity (Wildman–Crippen MR) is 78.6 cm³/mol. The van der Waals surface area contributed by atoms with Crippen LogP contribution < -0.4 is 10.6 Å². The first-order chi connectivity index (χ1) is 8.63. The lowest BCUT2D eigenvalue weighted by molar-refractivity contribution is 1.04. The van der Waals surface area contributed by atoms with Gasteiger partial charge in [0, 0.05) is 30.0 Å². The van der Waals surface area contributed by atoms with E-state index in [0.717, 1.165) is 22.0 Å². The van der Waals surface area contributed by atoms with Crippen molar-refractivity contribution >= 4 is 23.0 Å². The molecule has 0 aliphatic heterocycles. The van der Waals surface area contributed by atoms with Crippen LogP contribution in [0.25, 0.3) is 0 Å². The second kappa shape index (κ2) is 5.42. The van der Waals surface area contributed by atoms with Crippen molar-refractivity contribution in [2.75, 3.05) is 11.9 Å². The van der Waals surface area contributed by atoms with Gasteiger partial charge in [-0.2, -0.15) is 0 Å². The van der Waals surface area contributed by atoms with Gasteiger partial charge in [-0.25, -0.2) is 0 Å². The molecule has 2 aromatic rings. The number of hydrogen-bond acceptors (Lipinski definition) is 2. The number of rotatable bonds is 3. The van der Waals surface area contributed by atoms with Crippen molar-refractivity contribution in [1.29, 1.82) is 0 Å². The lowest BCUT2D eigenvalue weighted by atomic mass is 10.1. The van der Waals surface area contributed by atoms with Crippen LogP contribution in [0.5, 0.6) is 0 Å². The summed E-state index contributed by atoms with van der Waals surface area (Å²) in [6.45, 7) is 2.60. The van der Waals surface area contributed by atoms with Gasteiger partial charge >= 0.3 is 0 Å². The molecule has 0 amide bonds. The maximum absolute atomic E-state index is 6.08. The Hall–Kier alpha value is -1.51. The lowest BCUT2D eigenvalue weighted by Crippen LogP contribution is -2.14. The Balaban J connectivity index is 2.48. The van der Waals surface area contributed by atoms with Crippen LogP contribution in [0.2, 0.25) is 5.02 Å². The summed E-state index contributed by atoms with van der Waals surface area (Å²) >= 11 is 6.08. The molecule has 0 bridgehead atoms. The summed E-state index contributed by atoms with van der Waals surface area (Å²) < 4.78 is 0. The largest absolute Gasteiger partial charge is 0.344 e. The Morgan fingerprint density at radius 1 is 1.11 bits per heavy atom. The van der Waals surface area contributed by atoms with Crippen LogP contribution in [0, 0.1) is 6.92 Å². The van der Waals surface area contributed by atoms with Gasteiger partial charge in [0.2, 0.25) is 0 Å². The zero-order valence-corrected chi connectivity index (χ0v) is 11.4. The van der Waals surface area contributed by atoms with Crippen molar-refractivity contribution in [3.8, 4) is 0 Å². The van der Waals surface area contributed by atoms with E-state index in [1.165, 1.54) is 5.56 Å². The molecule has 2 N–H and O–H groups in total. The Morgan fingerprint density at radius 2 is 1.83 bits per heavy atom. The van der Waals surface area contributed by atoms with Crippen LogP contribution in [0.15, 0.2) is 42.5 Å². The van der Waals surface area contributed by atoms with Gasteiger partial charge in [0.25, 0.3) is 0 Å². The number of aryl methyl sites for hydroxylation is 1. The van der Waals surface area contributed by atoms with Crippen LogP contribution in [0.3, 0.4) is 0 Å². The third-order valence-electron chi connectivity index (χ3n) is 3.11. The predicted octanol–water partition coefficient (Wildman–Crippen LogP) is 3.88. The maximum Gasteiger partial charge on any atom is 0.0468 e. The monoisotopic (exact) mass is 260 g/mol. The molecule has 3 heteroatoms. The van der Waals surface area contributed by atoms with E-state index in [4.69, 9.17) is 17.3 Å². The topological polar surface area (TPSA) is 29.3 Å². The highest BCUT2D eigenvalue weighted by atomic mass is 35.5. The van der Waals surface area contributed by atoms with Crippen molar-refractivity contribution in [3.05, 3.63) is 58.6 Å². The molecule has 0 heterocycles. The fourth-order valence-electron chi connectivity index (χ4n) is 2.09. The van der Waals surface area contributed by atoms with Gasteiger partial charge in [-0.1, -0.05) is 35.9 Å². The van der Waals surface area contributed by atoms with Crippen LogP contribution in [0.4, 0.5) is 11.4 Å². The summed E-state index contributed by atoms with van der Waals surface area (Å²) in [5, 5.41) is 0.725. The zero-order chi connectivity index (χ0) is 13.1. The Labute approximate surface area is 113 Å². The highest BCUT2D eigenvalue weighted by Gasteiger charge is 2.10. The van der Waals surface area contributed by atoms with Gasteiger partial charge in [0.15, 0.2) is 0 Å². The highest BCUT2D eigenvalue weighted by molar-refractivity contribution is 6.30. The smallest absolute Gasteiger partial charge is 0.0468 e. The Morgan fingerprint density at radius 3 is 2.50 bits per heavy atom. The molecular formula is C15H17ClN2. The lowest BCUT2D eigenvalue weighted by Gasteiger charge is -2.24. The number of anilines is 2. The third-order valence-corrected chi connectivity index (χ3v) is 3.34. The first-order valence-electron chi connectivity index (χ1n) is 5.91. The molecule has 0 aromatic heterocycles. The molecular weight excluding hydrogens is 244 g/mol. The average Bonchev–Trinajstić information content (AvgIpc) is 2.38. The molecule has 0 aliphatic carbocycles. The second-order valence-electron chi connectivity index (χ2n) is 4.32. The van der Waals surface area contributed by atoms with E-state index in [1.54, 1.807) is 0 Å². The van der Waals surface area contributed by atoms with E-state index in [9.17, 15) is 0 Å². The normalized spacial score (nSPS) is 10.4. The zero-order valence-electron chi connectivity index (χ0n) is 10.7. The number of benzene rings is 2. The van der Waals surface area contributed by atoms with E-state index in [-0.39, 0.29) is 0 Å². The van der Waals surface area contributed by atoms with Gasteiger partial charge < -0.3 is 10.6 Å². The molecule has 0 radical (unpaired) electrons. The molecule has 0 atom stereocenters. The molecule has 0 spiro atoms. The van der Waals surface area contributed by atoms with Crippen LogP contribution in [0.1, 0.15) is 11.1 Å². The molecule has 0 saturated carbocycles. The molecule has 2 nitrogen and oxygen atoms in total. The summed E-state index contributed by atoms with van der Waals surface area (Å²) in [4.78, 5) is 2.13. The van der Waals surface area contributed by atoms with Gasteiger partial charge in [-0.15, -0.1) is 0 Å². The molecule has 94 valence electrons. The fourth-order valence-corrected chi connectivity index (χ4v) is 2.26. The standard InChI is InChI=1S/C15H17ClN2/c1-11-5-3-4-6-14(11)18(2)15-9-13(16)8-7-12(15)10-17/h3-9H,10,17H2,1-2H3. The first-order valence-corrected chi connectivity index (χ1v) is 6.29. The summed E-state index contributed by atoms with van der Waals surface area (Å²) in [7, 11) is 2.03. The number of hydrogen-bond donors (Lipinski definition) is 1. The van der Waals surface area contributed by atoms with Crippen molar-refractivity contribution in [1.82, 2.24) is 0 Å². The minimum absolute atomic E-state index is 0.503. The Kier molecular flexibility index (Phi) is 3.90. The third kappa shape index (κ3) is 2.50. The minimum Gasteiger partial charge on any atom is -0.344 e. The number of para-hydroxylation sites is 1. The highest BCUT2D eigenvalue weighted by Crippen LogP contribution is 2.31. The van der Waals surface area contributed by atoms with E-state index in [0.29, 0.717) is 6.54 Å². The molecule has 2 aromatic carbocycles. The second-order valence-corrected chi connectivity index (χ2v) is 4.76. The van der Waals surface area contributed by atoms with E-state index >= 15 is 0 Å². The van der Waals surface area contributed by atoms with E-state index in [1.807, 2.05) is 37.4 Å². The molecule has 0 fully saturated rings. The Bertz CT molecular complexity index is 552. The summed E-state index contributed by atoms with van der Waals surface area (Å²) in [6.07, 6.45) is 0. The maximum atomic E-state index is 6.08. The van der Waals surface area contributed by atoms with Gasteiger partial charge in [-0.05, 0) is 36.2 Å². The average molecular weight is 261 g/mol. The van der Waals surface area contributed by atoms with Crippen LogP contribution in [-0.4, -0.2) is 7.05 Å². The summed E-state index contributed by atoms with van der Waals surface area (Å²) in [5.74, 6) is 0. The molecule has 2 rings (SSSR count). The van der Waals surface area contributed by atoms with Crippen LogP contribution in [-0.2, 0) is 6.54 Å². The summed E-state index contributed by atoms with van der Waals surface area (Å²) in [5.41, 5.74) is 10.3. The van der Waals surface area contributed by atoms with Gasteiger partial charge in [0.1, 0.15) is 0 Å². The van der Waals surface area contributed by atoms with Crippen LogP contribution >= 0.6 is 11.6 Å². The quantitative estimate of drug-likeness (QED) is 0.908. The summed E-state index contributed by atoms with van der Waals surface area (Å²) in [6, 6.07) is 14.1. The molecule has 0 unspecified atom stereocenters.